The number of hydrogen-bond acceptors (Lipinski definition) is 4. The van der Waals surface area contributed by atoms with E-state index in [1.165, 1.54) is 12.1 Å². The second-order valence-electron chi connectivity index (χ2n) is 4.23. The first kappa shape index (κ1) is 14.6. The number of carbonyl (C=O) groups is 1. The van der Waals surface area contributed by atoms with Crippen molar-refractivity contribution in [3.63, 3.8) is 0 Å². The second kappa shape index (κ2) is 6.56. The molecule has 0 heterocycles. The van der Waals surface area contributed by atoms with Crippen molar-refractivity contribution in [3.8, 4) is 11.5 Å². The van der Waals surface area contributed by atoms with Gasteiger partial charge in [0, 0.05) is 6.21 Å². The lowest BCUT2D eigenvalue weighted by molar-refractivity contribution is 0.0697. The molecule has 0 bridgehead atoms. The molecule has 0 aliphatic rings. The van der Waals surface area contributed by atoms with Crippen molar-refractivity contribution in [3.05, 3.63) is 53.6 Å². The van der Waals surface area contributed by atoms with E-state index in [0.29, 0.717) is 17.2 Å². The molecule has 5 nitrogen and oxygen atoms in total. The molecule has 0 fully saturated rings. The Kier molecular flexibility index (Phi) is 4.56. The first-order chi connectivity index (χ1) is 10.1. The Morgan fingerprint density at radius 2 is 1.86 bits per heavy atom. The molecule has 0 aliphatic heterocycles. The van der Waals surface area contributed by atoms with Gasteiger partial charge in [0.25, 0.3) is 0 Å². The fraction of sp³-hybridized carbons (Fsp3) is 0.125. The van der Waals surface area contributed by atoms with E-state index in [9.17, 15) is 4.79 Å². The van der Waals surface area contributed by atoms with Gasteiger partial charge >= 0.3 is 5.97 Å². The van der Waals surface area contributed by atoms with Crippen LogP contribution in [0.1, 0.15) is 15.9 Å². The zero-order chi connectivity index (χ0) is 15.2. The summed E-state index contributed by atoms with van der Waals surface area (Å²) in [5.41, 5.74) is 1.61. The summed E-state index contributed by atoms with van der Waals surface area (Å²) in [5.74, 6) is 0.279. The Morgan fingerprint density at radius 3 is 2.52 bits per heavy atom. The Labute approximate surface area is 122 Å². The van der Waals surface area contributed by atoms with E-state index in [-0.39, 0.29) is 5.56 Å². The molecule has 1 N–H and O–H groups in total. The van der Waals surface area contributed by atoms with Crippen LogP contribution in [0, 0.1) is 0 Å². The topological polar surface area (TPSA) is 68.1 Å². The summed E-state index contributed by atoms with van der Waals surface area (Å²) in [6.07, 6.45) is 1.64. The summed E-state index contributed by atoms with van der Waals surface area (Å²) in [6.45, 7) is 0. The molecule has 0 saturated carbocycles. The summed E-state index contributed by atoms with van der Waals surface area (Å²) in [6, 6.07) is 11.9. The zero-order valence-corrected chi connectivity index (χ0v) is 11.7. The summed E-state index contributed by atoms with van der Waals surface area (Å²) in [5, 5.41) is 8.94. The quantitative estimate of drug-likeness (QED) is 0.857. The maximum Gasteiger partial charge on any atom is 0.335 e. The molecule has 2 aromatic rings. The van der Waals surface area contributed by atoms with Gasteiger partial charge in [-0.2, -0.15) is 0 Å². The molecular formula is C16H15NO4. The molecule has 5 heteroatoms. The van der Waals surface area contributed by atoms with E-state index >= 15 is 0 Å². The van der Waals surface area contributed by atoms with Crippen molar-refractivity contribution in [1.82, 2.24) is 0 Å². The minimum atomic E-state index is -0.974. The van der Waals surface area contributed by atoms with Crippen molar-refractivity contribution in [1.29, 1.82) is 0 Å². The molecule has 0 aliphatic carbocycles. The minimum Gasteiger partial charge on any atom is -0.493 e. The molecule has 2 aromatic carbocycles. The van der Waals surface area contributed by atoms with Crippen molar-refractivity contribution in [2.75, 3.05) is 14.2 Å². The molecule has 0 radical (unpaired) electrons. The van der Waals surface area contributed by atoms with E-state index in [1.54, 1.807) is 44.7 Å². The number of rotatable bonds is 5. The lowest BCUT2D eigenvalue weighted by Gasteiger charge is -2.07. The minimum absolute atomic E-state index is 0.206. The van der Waals surface area contributed by atoms with Gasteiger partial charge in [-0.05, 0) is 42.0 Å². The average molecular weight is 285 g/mol. The van der Waals surface area contributed by atoms with Crippen LogP contribution in [-0.2, 0) is 0 Å². The number of aromatic carboxylic acids is 1. The van der Waals surface area contributed by atoms with Gasteiger partial charge in [-0.25, -0.2) is 4.79 Å². The highest BCUT2D eigenvalue weighted by atomic mass is 16.5. The number of benzene rings is 2. The predicted octanol–water partition coefficient (Wildman–Crippen LogP) is 3.15. The number of aliphatic imine (C=N–C) groups is 1. The van der Waals surface area contributed by atoms with E-state index in [2.05, 4.69) is 4.99 Å². The Balaban J connectivity index is 2.25. The zero-order valence-electron chi connectivity index (χ0n) is 11.7. The van der Waals surface area contributed by atoms with Crippen LogP contribution in [0.2, 0.25) is 0 Å². The average Bonchev–Trinajstić information content (AvgIpc) is 2.52. The van der Waals surface area contributed by atoms with Gasteiger partial charge < -0.3 is 14.6 Å². The smallest absolute Gasteiger partial charge is 0.335 e. The molecule has 108 valence electrons. The van der Waals surface area contributed by atoms with Crippen LogP contribution in [0.3, 0.4) is 0 Å². The van der Waals surface area contributed by atoms with Crippen LogP contribution in [0.25, 0.3) is 0 Å². The lowest BCUT2D eigenvalue weighted by atomic mass is 10.2. The molecule has 0 aromatic heterocycles. The largest absolute Gasteiger partial charge is 0.493 e. The first-order valence-electron chi connectivity index (χ1n) is 6.23. The first-order valence-corrected chi connectivity index (χ1v) is 6.23. The highest BCUT2D eigenvalue weighted by molar-refractivity contribution is 5.89. The standard InChI is InChI=1S/C16H15NO4/c1-20-14-7-6-11(8-15(14)21-2)10-17-13-5-3-4-12(9-13)16(18)19/h3-10H,1-2H3,(H,18,19). The summed E-state index contributed by atoms with van der Waals surface area (Å²) in [4.78, 5) is 15.2. The molecule has 0 unspecified atom stereocenters. The van der Waals surface area contributed by atoms with E-state index in [0.717, 1.165) is 5.56 Å². The molecule has 21 heavy (non-hydrogen) atoms. The van der Waals surface area contributed by atoms with Crippen LogP contribution in [0.4, 0.5) is 5.69 Å². The second-order valence-corrected chi connectivity index (χ2v) is 4.23. The number of carboxylic acids is 1. The van der Waals surface area contributed by atoms with E-state index in [1.807, 2.05) is 6.07 Å². The SMILES string of the molecule is COc1ccc(C=Nc2cccc(C(=O)O)c2)cc1OC. The van der Waals surface area contributed by atoms with Crippen molar-refractivity contribution >= 4 is 17.9 Å². The fourth-order valence-electron chi connectivity index (χ4n) is 1.80. The molecule has 2 rings (SSSR count). The Bertz CT molecular complexity index is 680. The normalized spacial score (nSPS) is 10.6. The summed E-state index contributed by atoms with van der Waals surface area (Å²) < 4.78 is 10.4. The van der Waals surface area contributed by atoms with Crippen molar-refractivity contribution in [2.24, 2.45) is 4.99 Å². The third-order valence-electron chi connectivity index (χ3n) is 2.86. The third-order valence-corrected chi connectivity index (χ3v) is 2.86. The third kappa shape index (κ3) is 3.60. The van der Waals surface area contributed by atoms with Gasteiger partial charge in [-0.3, -0.25) is 4.99 Å². The number of nitrogens with zero attached hydrogens (tertiary/aromatic N) is 1. The molecular weight excluding hydrogens is 270 g/mol. The van der Waals surface area contributed by atoms with E-state index in [4.69, 9.17) is 14.6 Å². The van der Waals surface area contributed by atoms with Crippen molar-refractivity contribution in [2.45, 2.75) is 0 Å². The van der Waals surface area contributed by atoms with Gasteiger partial charge in [-0.15, -0.1) is 0 Å². The van der Waals surface area contributed by atoms with E-state index < -0.39 is 5.97 Å². The number of carboxylic acid groups (broad SMARTS) is 1. The van der Waals surface area contributed by atoms with Crippen LogP contribution in [0.15, 0.2) is 47.5 Å². The predicted molar refractivity (Wildman–Crippen MR) is 80.2 cm³/mol. The maximum absolute atomic E-state index is 10.9. The van der Waals surface area contributed by atoms with Crippen LogP contribution in [0.5, 0.6) is 11.5 Å². The molecule has 0 spiro atoms. The lowest BCUT2D eigenvalue weighted by Crippen LogP contribution is -1.94. The molecule has 0 atom stereocenters. The highest BCUT2D eigenvalue weighted by Crippen LogP contribution is 2.27. The molecule has 0 saturated heterocycles. The van der Waals surface area contributed by atoms with Gasteiger partial charge in [-0.1, -0.05) is 6.07 Å². The number of ether oxygens (including phenoxy) is 2. The Morgan fingerprint density at radius 1 is 1.10 bits per heavy atom. The van der Waals surface area contributed by atoms with Crippen LogP contribution < -0.4 is 9.47 Å². The van der Waals surface area contributed by atoms with Gasteiger partial charge in [0.05, 0.1) is 25.5 Å². The Hall–Kier alpha value is -2.82. The van der Waals surface area contributed by atoms with Gasteiger partial charge in [0.1, 0.15) is 0 Å². The van der Waals surface area contributed by atoms with Crippen LogP contribution >= 0.6 is 0 Å². The van der Waals surface area contributed by atoms with Gasteiger partial charge in [0.2, 0.25) is 0 Å². The van der Waals surface area contributed by atoms with Crippen molar-refractivity contribution < 1.29 is 19.4 Å². The summed E-state index contributed by atoms with van der Waals surface area (Å²) in [7, 11) is 3.14. The number of methoxy groups -OCH3 is 2. The van der Waals surface area contributed by atoms with Crippen LogP contribution in [-0.4, -0.2) is 31.5 Å². The summed E-state index contributed by atoms with van der Waals surface area (Å²) >= 11 is 0. The van der Waals surface area contributed by atoms with Gasteiger partial charge in [0.15, 0.2) is 11.5 Å². The number of hydrogen-bond donors (Lipinski definition) is 1. The monoisotopic (exact) mass is 285 g/mol. The highest BCUT2D eigenvalue weighted by Gasteiger charge is 2.04. The fourth-order valence-corrected chi connectivity index (χ4v) is 1.80. The molecule has 0 amide bonds. The maximum atomic E-state index is 10.9.